The maximum atomic E-state index is 13.8. The SMILES string of the molecule is Cc1ccc(S(=O)(=O)n2cc(C[C@H](NC(=O)OCC3c4ccccc4-c4ccccc43)C(=O)OC(C)(C)C)c3cc(C#N)cnc32)cc1. The van der Waals surface area contributed by atoms with Crippen molar-refractivity contribution >= 4 is 33.1 Å². The van der Waals surface area contributed by atoms with E-state index < -0.39 is 33.7 Å². The number of rotatable bonds is 8. The number of nitrogens with zero attached hydrogens (tertiary/aromatic N) is 3. The van der Waals surface area contributed by atoms with Crippen LogP contribution >= 0.6 is 0 Å². The Labute approximate surface area is 279 Å². The summed E-state index contributed by atoms with van der Waals surface area (Å²) in [6.07, 6.45) is 1.65. The van der Waals surface area contributed by atoms with E-state index in [1.807, 2.05) is 61.5 Å². The zero-order valence-corrected chi connectivity index (χ0v) is 27.7. The van der Waals surface area contributed by atoms with Gasteiger partial charge in [0.15, 0.2) is 5.65 Å². The minimum atomic E-state index is -4.11. The lowest BCUT2D eigenvalue weighted by Crippen LogP contribution is -2.46. The van der Waals surface area contributed by atoms with Gasteiger partial charge in [-0.2, -0.15) is 5.26 Å². The average molecular weight is 663 g/mol. The highest BCUT2D eigenvalue weighted by molar-refractivity contribution is 7.90. The number of benzene rings is 3. The summed E-state index contributed by atoms with van der Waals surface area (Å²) in [5.74, 6) is -0.925. The summed E-state index contributed by atoms with van der Waals surface area (Å²) < 4.78 is 40.0. The molecule has 1 amide bonds. The first kappa shape index (κ1) is 32.5. The highest BCUT2D eigenvalue weighted by Gasteiger charge is 2.32. The summed E-state index contributed by atoms with van der Waals surface area (Å²) in [6.45, 7) is 7.00. The maximum Gasteiger partial charge on any atom is 0.407 e. The average Bonchev–Trinajstić information content (AvgIpc) is 3.58. The molecule has 3 aromatic carbocycles. The van der Waals surface area contributed by atoms with Gasteiger partial charge in [-0.05, 0) is 73.7 Å². The third-order valence-corrected chi connectivity index (χ3v) is 9.82. The lowest BCUT2D eigenvalue weighted by molar-refractivity contribution is -0.157. The molecule has 0 spiro atoms. The number of esters is 1. The standard InChI is InChI=1S/C37H34N4O6S/c1-23-13-15-26(16-14-23)48(44,45)41-21-25(31-17-24(19-38)20-39-34(31)41)18-33(35(42)47-37(2,3)4)40-36(43)46-22-32-29-11-7-5-9-27(29)28-10-6-8-12-30(28)32/h5-17,20-21,32-33H,18,22H2,1-4H3,(H,40,43)/t33-/m0/s1. The van der Waals surface area contributed by atoms with Gasteiger partial charge in [-0.3, -0.25) is 0 Å². The van der Waals surface area contributed by atoms with E-state index >= 15 is 0 Å². The molecule has 0 aliphatic heterocycles. The Balaban J connectivity index is 1.31. The first-order valence-corrected chi connectivity index (χ1v) is 16.9. The molecule has 1 N–H and O–H groups in total. The fourth-order valence-corrected chi connectivity index (χ4v) is 7.29. The van der Waals surface area contributed by atoms with Crippen LogP contribution in [0, 0.1) is 18.3 Å². The van der Waals surface area contributed by atoms with E-state index in [4.69, 9.17) is 9.47 Å². The molecule has 2 aromatic heterocycles. The van der Waals surface area contributed by atoms with Gasteiger partial charge in [0, 0.05) is 30.1 Å². The molecule has 0 unspecified atom stereocenters. The number of ether oxygens (including phenoxy) is 2. The molecule has 0 fully saturated rings. The number of aryl methyl sites for hydroxylation is 1. The smallest absolute Gasteiger partial charge is 0.407 e. The van der Waals surface area contributed by atoms with Crippen molar-refractivity contribution in [1.82, 2.24) is 14.3 Å². The van der Waals surface area contributed by atoms with Gasteiger partial charge in [0.1, 0.15) is 24.3 Å². The van der Waals surface area contributed by atoms with E-state index in [0.29, 0.717) is 10.9 Å². The third-order valence-electron chi connectivity index (χ3n) is 8.15. The molecule has 5 aromatic rings. The number of hydrogen-bond donors (Lipinski definition) is 1. The van der Waals surface area contributed by atoms with Crippen molar-refractivity contribution < 1.29 is 27.5 Å². The van der Waals surface area contributed by atoms with Crippen molar-refractivity contribution in [2.24, 2.45) is 0 Å². The molecule has 2 heterocycles. The summed E-state index contributed by atoms with van der Waals surface area (Å²) in [5, 5.41) is 12.6. The Kier molecular flexibility index (Phi) is 8.54. The number of alkyl carbamates (subject to hydrolysis) is 1. The topological polar surface area (TPSA) is 140 Å². The van der Waals surface area contributed by atoms with E-state index in [9.17, 15) is 23.3 Å². The minimum absolute atomic E-state index is 0.0322. The van der Waals surface area contributed by atoms with Crippen LogP contribution in [0.25, 0.3) is 22.2 Å². The first-order valence-electron chi connectivity index (χ1n) is 15.4. The molecule has 48 heavy (non-hydrogen) atoms. The number of pyridine rings is 1. The Hall–Kier alpha value is -5.47. The van der Waals surface area contributed by atoms with Crippen molar-refractivity contribution in [1.29, 1.82) is 5.26 Å². The Morgan fingerprint density at radius 2 is 1.62 bits per heavy atom. The number of amides is 1. The van der Waals surface area contributed by atoms with E-state index in [0.717, 1.165) is 31.8 Å². The number of nitrogens with one attached hydrogen (secondary N) is 1. The third kappa shape index (κ3) is 6.39. The van der Waals surface area contributed by atoms with Crippen LogP contribution < -0.4 is 5.32 Å². The van der Waals surface area contributed by atoms with Crippen molar-refractivity contribution in [3.63, 3.8) is 0 Å². The quantitative estimate of drug-likeness (QED) is 0.193. The Bertz CT molecular complexity index is 2150. The van der Waals surface area contributed by atoms with Crippen LogP contribution in [0.3, 0.4) is 0 Å². The molecule has 1 atom stereocenters. The van der Waals surface area contributed by atoms with E-state index in [-0.39, 0.29) is 35.1 Å². The zero-order chi connectivity index (χ0) is 34.2. The molecule has 1 aliphatic rings. The van der Waals surface area contributed by atoms with Crippen LogP contribution in [0.4, 0.5) is 4.79 Å². The van der Waals surface area contributed by atoms with Crippen LogP contribution in [-0.4, -0.2) is 47.7 Å². The van der Waals surface area contributed by atoms with E-state index in [1.54, 1.807) is 32.9 Å². The highest BCUT2D eigenvalue weighted by atomic mass is 32.2. The van der Waals surface area contributed by atoms with Gasteiger partial charge < -0.3 is 14.8 Å². The number of nitriles is 1. The second-order valence-corrected chi connectivity index (χ2v) is 14.6. The summed E-state index contributed by atoms with van der Waals surface area (Å²) in [6, 6.07) is 24.6. The van der Waals surface area contributed by atoms with Crippen LogP contribution in [-0.2, 0) is 30.7 Å². The number of aromatic nitrogens is 2. The fraction of sp³-hybridized carbons (Fsp3) is 0.243. The van der Waals surface area contributed by atoms with Crippen LogP contribution in [0.2, 0.25) is 0 Å². The first-order chi connectivity index (χ1) is 22.9. The van der Waals surface area contributed by atoms with Gasteiger partial charge in [-0.15, -0.1) is 0 Å². The predicted octanol–water partition coefficient (Wildman–Crippen LogP) is 6.24. The Morgan fingerprint density at radius 1 is 1.00 bits per heavy atom. The van der Waals surface area contributed by atoms with Gasteiger partial charge in [0.2, 0.25) is 0 Å². The number of fused-ring (bicyclic) bond motifs is 4. The van der Waals surface area contributed by atoms with E-state index in [1.165, 1.54) is 30.6 Å². The largest absolute Gasteiger partial charge is 0.458 e. The van der Waals surface area contributed by atoms with Crippen LogP contribution in [0.15, 0.2) is 96.2 Å². The summed E-state index contributed by atoms with van der Waals surface area (Å²) >= 11 is 0. The highest BCUT2D eigenvalue weighted by Crippen LogP contribution is 2.44. The molecule has 0 bridgehead atoms. The molecule has 0 saturated heterocycles. The van der Waals surface area contributed by atoms with Crippen molar-refractivity contribution in [3.8, 4) is 17.2 Å². The molecule has 244 valence electrons. The van der Waals surface area contributed by atoms with Gasteiger partial charge in [0.05, 0.1) is 10.5 Å². The number of hydrogen-bond acceptors (Lipinski definition) is 8. The number of carbonyl (C=O) groups is 2. The molecule has 10 nitrogen and oxygen atoms in total. The number of carbonyl (C=O) groups excluding carboxylic acids is 2. The Morgan fingerprint density at radius 3 is 2.23 bits per heavy atom. The van der Waals surface area contributed by atoms with E-state index in [2.05, 4.69) is 10.3 Å². The predicted molar refractivity (Wildman–Crippen MR) is 180 cm³/mol. The molecule has 0 saturated carbocycles. The second kappa shape index (κ2) is 12.6. The summed E-state index contributed by atoms with van der Waals surface area (Å²) in [5.41, 5.74) is 4.89. The fourth-order valence-electron chi connectivity index (χ4n) is 5.94. The van der Waals surface area contributed by atoms with Crippen LogP contribution in [0.1, 0.15) is 54.5 Å². The normalized spacial score (nSPS) is 13.3. The van der Waals surface area contributed by atoms with Gasteiger partial charge in [-0.1, -0.05) is 66.2 Å². The lowest BCUT2D eigenvalue weighted by atomic mass is 9.98. The second-order valence-electron chi connectivity index (χ2n) is 12.7. The summed E-state index contributed by atoms with van der Waals surface area (Å²) in [4.78, 5) is 31.2. The molecule has 6 rings (SSSR count). The van der Waals surface area contributed by atoms with Crippen LogP contribution in [0.5, 0.6) is 0 Å². The van der Waals surface area contributed by atoms with Gasteiger partial charge in [-0.25, -0.2) is 27.0 Å². The van der Waals surface area contributed by atoms with Gasteiger partial charge in [0.25, 0.3) is 10.0 Å². The minimum Gasteiger partial charge on any atom is -0.458 e. The lowest BCUT2D eigenvalue weighted by Gasteiger charge is -2.24. The maximum absolute atomic E-state index is 13.8. The van der Waals surface area contributed by atoms with Gasteiger partial charge >= 0.3 is 12.1 Å². The monoisotopic (exact) mass is 662 g/mol. The molecular formula is C37H34N4O6S. The zero-order valence-electron chi connectivity index (χ0n) is 26.9. The molecular weight excluding hydrogens is 628 g/mol. The summed E-state index contributed by atoms with van der Waals surface area (Å²) in [7, 11) is -4.11. The molecule has 1 aliphatic carbocycles. The van der Waals surface area contributed by atoms with Crippen molar-refractivity contribution in [2.45, 2.75) is 56.6 Å². The van der Waals surface area contributed by atoms with Crippen molar-refractivity contribution in [2.75, 3.05) is 6.61 Å². The molecule has 0 radical (unpaired) electrons. The van der Waals surface area contributed by atoms with Crippen molar-refractivity contribution in [3.05, 3.63) is 119 Å². The molecule has 11 heteroatoms.